The average Bonchev–Trinajstić information content (AvgIpc) is 3.06. The zero-order valence-corrected chi connectivity index (χ0v) is 26.0. The first-order valence-corrected chi connectivity index (χ1v) is 18.8. The summed E-state index contributed by atoms with van der Waals surface area (Å²) >= 11 is 0. The number of unbranched alkanes of at least 4 members (excludes halogenated alkanes) is 6. The molecule has 0 saturated heterocycles. The summed E-state index contributed by atoms with van der Waals surface area (Å²) < 4.78 is 0. The summed E-state index contributed by atoms with van der Waals surface area (Å²) in [5, 5.41) is 7.54. The molecule has 0 saturated carbocycles. The summed E-state index contributed by atoms with van der Waals surface area (Å²) in [7, 11) is -1.94. The van der Waals surface area contributed by atoms with Crippen molar-refractivity contribution in [1.29, 1.82) is 0 Å². The molecule has 2 heteroatoms. The molecule has 5 aromatic rings. The van der Waals surface area contributed by atoms with Crippen molar-refractivity contribution in [2.45, 2.75) is 44.9 Å². The molecule has 0 amide bonds. The molecule has 41 heavy (non-hydrogen) atoms. The Morgan fingerprint density at radius 2 is 0.659 bits per heavy atom. The van der Waals surface area contributed by atoms with Crippen LogP contribution in [0.2, 0.25) is 0 Å². The van der Waals surface area contributed by atoms with Crippen LogP contribution in [-0.2, 0) is 0 Å². The Kier molecular flexibility index (Phi) is 11.4. The minimum absolute atomic E-state index is 0.257. The van der Waals surface area contributed by atoms with Gasteiger partial charge in [0.2, 0.25) is 0 Å². The van der Waals surface area contributed by atoms with E-state index in [9.17, 15) is 0 Å². The monoisotopic (exact) mass is 573 g/mol. The van der Waals surface area contributed by atoms with Crippen LogP contribution in [0.3, 0.4) is 0 Å². The van der Waals surface area contributed by atoms with Crippen LogP contribution in [0.1, 0.15) is 44.9 Å². The van der Waals surface area contributed by atoms with Crippen LogP contribution < -0.4 is 26.5 Å². The van der Waals surface area contributed by atoms with Crippen molar-refractivity contribution in [2.75, 3.05) is 12.3 Å². The van der Waals surface area contributed by atoms with E-state index in [1.54, 1.807) is 0 Å². The van der Waals surface area contributed by atoms with Crippen LogP contribution in [0.5, 0.6) is 0 Å². The predicted molar refractivity (Wildman–Crippen MR) is 186 cm³/mol. The van der Waals surface area contributed by atoms with Gasteiger partial charge in [0, 0.05) is 0 Å². The lowest BCUT2D eigenvalue weighted by Crippen LogP contribution is -2.33. The maximum Gasteiger partial charge on any atom is 0.112 e. The molecule has 0 heterocycles. The Labute approximate surface area is 250 Å². The van der Waals surface area contributed by atoms with E-state index < -0.39 is 7.26 Å². The van der Waals surface area contributed by atoms with Gasteiger partial charge < -0.3 is 0 Å². The fourth-order valence-corrected chi connectivity index (χ4v) is 12.8. The third-order valence-corrected chi connectivity index (χ3v) is 15.2. The van der Waals surface area contributed by atoms with Crippen molar-refractivity contribution in [2.24, 2.45) is 0 Å². The van der Waals surface area contributed by atoms with Gasteiger partial charge in [0.1, 0.15) is 23.2 Å². The van der Waals surface area contributed by atoms with E-state index in [1.165, 1.54) is 83.8 Å². The minimum Gasteiger partial charge on any atom is -0.0622 e. The lowest BCUT2D eigenvalue weighted by molar-refractivity contribution is 0.604. The summed E-state index contributed by atoms with van der Waals surface area (Å²) in [6.45, 7) is 0. The summed E-state index contributed by atoms with van der Waals surface area (Å²) in [6, 6.07) is 56.3. The summed E-state index contributed by atoms with van der Waals surface area (Å²) in [5.74, 6) is 0. The molecule has 0 atom stereocenters. The van der Waals surface area contributed by atoms with Crippen molar-refractivity contribution in [1.82, 2.24) is 0 Å². The van der Waals surface area contributed by atoms with Crippen molar-refractivity contribution in [3.05, 3.63) is 152 Å². The molecule has 5 aromatic carbocycles. The maximum absolute atomic E-state index is 2.37. The molecule has 0 fully saturated rings. The second kappa shape index (κ2) is 15.8. The summed E-state index contributed by atoms with van der Waals surface area (Å²) in [5.41, 5.74) is 0. The molecule has 208 valence electrons. The Hall–Kier alpha value is -3.04. The first kappa shape index (κ1) is 29.5. The van der Waals surface area contributed by atoms with Gasteiger partial charge >= 0.3 is 0 Å². The first-order chi connectivity index (χ1) is 20.4. The third kappa shape index (κ3) is 7.83. The lowest BCUT2D eigenvalue weighted by Gasteiger charge is -2.27. The fourth-order valence-electron chi connectivity index (χ4n) is 6.01. The zero-order chi connectivity index (χ0) is 28.0. The normalized spacial score (nSPS) is 11.5. The highest BCUT2D eigenvalue weighted by atomic mass is 31.2. The van der Waals surface area contributed by atoms with Gasteiger partial charge in [0.15, 0.2) is 0 Å². The molecule has 0 N–H and O–H groups in total. The largest absolute Gasteiger partial charge is 0.112 e. The van der Waals surface area contributed by atoms with Crippen LogP contribution in [0, 0.1) is 0 Å². The molecule has 0 aliphatic carbocycles. The number of hydrogen-bond acceptors (Lipinski definition) is 0. The molecule has 0 radical (unpaired) electrons. The quantitative estimate of drug-likeness (QED) is 0.0867. The van der Waals surface area contributed by atoms with Crippen LogP contribution >= 0.6 is 15.2 Å². The number of rotatable bonds is 15. The highest BCUT2D eigenvalue weighted by molar-refractivity contribution is 7.95. The van der Waals surface area contributed by atoms with E-state index in [1.807, 2.05) is 0 Å². The molecule has 5 rings (SSSR count). The van der Waals surface area contributed by atoms with E-state index >= 15 is 0 Å². The van der Waals surface area contributed by atoms with E-state index in [0.717, 1.165) is 0 Å². The van der Waals surface area contributed by atoms with Gasteiger partial charge in [-0.25, -0.2) is 0 Å². The number of hydrogen-bond donors (Lipinski definition) is 0. The molecule has 0 bridgehead atoms. The predicted octanol–water partition coefficient (Wildman–Crippen LogP) is 8.84. The molecule has 0 unspecified atom stereocenters. The van der Waals surface area contributed by atoms with Gasteiger partial charge in [-0.05, 0) is 80.4 Å². The molecular formula is C39H43P2+. The average molecular weight is 574 g/mol. The van der Waals surface area contributed by atoms with Crippen molar-refractivity contribution < 1.29 is 0 Å². The van der Waals surface area contributed by atoms with Gasteiger partial charge in [-0.15, -0.1) is 0 Å². The van der Waals surface area contributed by atoms with Gasteiger partial charge in [0.05, 0.1) is 6.16 Å². The Balaban J connectivity index is 1.15. The van der Waals surface area contributed by atoms with E-state index in [4.69, 9.17) is 0 Å². The van der Waals surface area contributed by atoms with E-state index in [2.05, 4.69) is 152 Å². The highest BCUT2D eigenvalue weighted by Gasteiger charge is 2.44. The zero-order valence-electron chi connectivity index (χ0n) is 24.2. The summed E-state index contributed by atoms with van der Waals surface area (Å²) in [4.78, 5) is 0. The maximum atomic E-state index is 2.37. The molecule has 0 spiro atoms. The minimum atomic E-state index is -1.69. The topological polar surface area (TPSA) is 0 Å². The van der Waals surface area contributed by atoms with Crippen molar-refractivity contribution >= 4 is 41.7 Å². The smallest absolute Gasteiger partial charge is 0.0622 e. The van der Waals surface area contributed by atoms with Crippen LogP contribution in [0.15, 0.2) is 152 Å². The highest BCUT2D eigenvalue weighted by Crippen LogP contribution is 2.56. The van der Waals surface area contributed by atoms with Crippen molar-refractivity contribution in [3.8, 4) is 0 Å². The van der Waals surface area contributed by atoms with Gasteiger partial charge in [-0.1, -0.05) is 141 Å². The van der Waals surface area contributed by atoms with Crippen LogP contribution in [0.25, 0.3) is 0 Å². The lowest BCUT2D eigenvalue weighted by atomic mass is 10.1. The third-order valence-electron chi connectivity index (χ3n) is 8.10. The Morgan fingerprint density at radius 1 is 0.341 bits per heavy atom. The fraction of sp³-hybridized carbons (Fsp3) is 0.231. The van der Waals surface area contributed by atoms with Crippen molar-refractivity contribution in [3.63, 3.8) is 0 Å². The van der Waals surface area contributed by atoms with Gasteiger partial charge in [0.25, 0.3) is 0 Å². The molecule has 0 nitrogen and oxygen atoms in total. The second-order valence-electron chi connectivity index (χ2n) is 10.8. The standard InChI is InChI=1S/C39H43P2/c1(2-4-21-33-40(35-23-11-6-12-24-35)36-25-13-7-14-26-36)3-5-22-34-41(37-27-15-8-16-28-37,38-29-17-9-18-30-38)39-31-19-10-20-32-39/h6-20,23-32H,1-5,21-22,33-34H2/q+1. The Morgan fingerprint density at radius 3 is 1.05 bits per heavy atom. The molecule has 0 aromatic heterocycles. The second-order valence-corrected chi connectivity index (χ2v) is 16.8. The molecule has 0 aliphatic heterocycles. The van der Waals surface area contributed by atoms with Gasteiger partial charge in [-0.2, -0.15) is 0 Å². The van der Waals surface area contributed by atoms with E-state index in [0.29, 0.717) is 0 Å². The molecule has 0 aliphatic rings. The SMILES string of the molecule is c1ccc(P(CCCCCCCCC[P+](c2ccccc2)(c2ccccc2)c2ccccc2)c2ccccc2)cc1. The van der Waals surface area contributed by atoms with Crippen LogP contribution in [-0.4, -0.2) is 12.3 Å². The van der Waals surface area contributed by atoms with E-state index in [-0.39, 0.29) is 7.92 Å². The van der Waals surface area contributed by atoms with Crippen LogP contribution in [0.4, 0.5) is 0 Å². The summed E-state index contributed by atoms with van der Waals surface area (Å²) in [6.07, 6.45) is 11.8. The Bertz CT molecular complexity index is 1250. The van der Waals surface area contributed by atoms with Gasteiger partial charge in [-0.3, -0.25) is 0 Å². The first-order valence-electron chi connectivity index (χ1n) is 15.3. The molecular weight excluding hydrogens is 530 g/mol. The number of benzene rings is 5.